The number of esters is 1. The summed E-state index contributed by atoms with van der Waals surface area (Å²) in [6, 6.07) is 4.14. The van der Waals surface area contributed by atoms with Gasteiger partial charge in [-0.2, -0.15) is 0 Å². The average molecular weight is 411 g/mol. The molecule has 29 heavy (non-hydrogen) atoms. The number of furan rings is 1. The van der Waals surface area contributed by atoms with Gasteiger partial charge in [-0.05, 0) is 31.4 Å². The van der Waals surface area contributed by atoms with Gasteiger partial charge in [-0.3, -0.25) is 9.59 Å². The molecular weight excluding hydrogens is 370 g/mol. The maximum Gasteiger partial charge on any atom is 0.307 e. The molecule has 1 rings (SSSR count). The van der Waals surface area contributed by atoms with Gasteiger partial charge in [-0.15, -0.1) is 0 Å². The molecule has 0 saturated heterocycles. The Balaban J connectivity index is 2.22. The van der Waals surface area contributed by atoms with Crippen LogP contribution in [0.4, 0.5) is 0 Å². The third kappa shape index (κ3) is 13.1. The first-order valence-electron chi connectivity index (χ1n) is 11.0. The van der Waals surface area contributed by atoms with E-state index < -0.39 is 12.1 Å². The van der Waals surface area contributed by atoms with Crippen molar-refractivity contribution in [1.29, 1.82) is 0 Å². The normalized spacial score (nSPS) is 12.7. The number of ether oxygens (including phenoxy) is 1. The van der Waals surface area contributed by atoms with E-state index in [4.69, 9.17) is 14.3 Å². The second-order valence-electron chi connectivity index (χ2n) is 8.92. The Labute approximate surface area is 175 Å². The number of likely N-dealkylation sites (N-methyl/N-ethyl adjacent to an activating group) is 1. The molecule has 1 aromatic heterocycles. The molecule has 0 amide bonds. The number of aliphatic carboxylic acids is 1. The zero-order valence-corrected chi connectivity index (χ0v) is 18.7. The number of carbonyl (C=O) groups is 2. The first-order chi connectivity index (χ1) is 13.7. The van der Waals surface area contributed by atoms with Crippen molar-refractivity contribution in [2.45, 2.75) is 83.7 Å². The van der Waals surface area contributed by atoms with Gasteiger partial charge in [0.25, 0.3) is 0 Å². The summed E-state index contributed by atoms with van der Waals surface area (Å²) < 4.78 is 11.8. The van der Waals surface area contributed by atoms with Crippen molar-refractivity contribution in [1.82, 2.24) is 0 Å². The van der Waals surface area contributed by atoms with Crippen LogP contribution in [0.25, 0.3) is 0 Å². The van der Waals surface area contributed by atoms with Crippen LogP contribution in [-0.2, 0) is 27.2 Å². The molecular formula is C23H40NO5+. The van der Waals surface area contributed by atoms with Crippen molar-refractivity contribution in [2.75, 3.05) is 27.7 Å². The van der Waals surface area contributed by atoms with Crippen LogP contribution < -0.4 is 0 Å². The predicted octanol–water partition coefficient (Wildman–Crippen LogP) is 4.60. The molecule has 0 aromatic carbocycles. The molecule has 0 aliphatic rings. The molecule has 0 fully saturated rings. The Morgan fingerprint density at radius 3 is 2.10 bits per heavy atom. The third-order valence-electron chi connectivity index (χ3n) is 4.75. The van der Waals surface area contributed by atoms with Crippen LogP contribution in [0.2, 0.25) is 0 Å². The fraction of sp³-hybridized carbons (Fsp3) is 0.739. The molecule has 0 radical (unpaired) electrons. The number of hydrogen-bond acceptors (Lipinski definition) is 4. The summed E-state index contributed by atoms with van der Waals surface area (Å²) >= 11 is 0. The summed E-state index contributed by atoms with van der Waals surface area (Å²) in [5, 5.41) is 9.01. The molecule has 166 valence electrons. The quantitative estimate of drug-likeness (QED) is 0.245. The first-order valence-corrected chi connectivity index (χ1v) is 11.0. The van der Waals surface area contributed by atoms with Crippen molar-refractivity contribution < 1.29 is 28.3 Å². The van der Waals surface area contributed by atoms with Crippen molar-refractivity contribution in [3.8, 4) is 0 Å². The molecule has 1 unspecified atom stereocenters. The third-order valence-corrected chi connectivity index (χ3v) is 4.75. The van der Waals surface area contributed by atoms with Gasteiger partial charge in [-0.25, -0.2) is 0 Å². The van der Waals surface area contributed by atoms with Crippen LogP contribution in [0, 0.1) is 0 Å². The van der Waals surface area contributed by atoms with Gasteiger partial charge in [0.1, 0.15) is 18.1 Å². The molecule has 0 aliphatic carbocycles. The second kappa shape index (κ2) is 13.4. The van der Waals surface area contributed by atoms with Gasteiger partial charge in [-0.1, -0.05) is 32.6 Å². The number of carboxylic acid groups (broad SMARTS) is 1. The number of hydrogen-bond donors (Lipinski definition) is 1. The van der Waals surface area contributed by atoms with Crippen LogP contribution >= 0.6 is 0 Å². The zero-order chi connectivity index (χ0) is 21.7. The number of nitrogens with zero attached hydrogens (tertiary/aromatic N) is 1. The van der Waals surface area contributed by atoms with E-state index in [1.807, 2.05) is 21.1 Å². The molecule has 1 N–H and O–H groups in total. The molecule has 6 nitrogen and oxygen atoms in total. The SMILES string of the molecule is CCCCCCc1ccc(CCCCCC(=O)OC(CC(=O)O)C[N+](C)(C)C)o1. The van der Waals surface area contributed by atoms with E-state index in [2.05, 4.69) is 19.1 Å². The minimum absolute atomic E-state index is 0.152. The molecule has 0 bridgehead atoms. The van der Waals surface area contributed by atoms with Crippen molar-refractivity contribution in [2.24, 2.45) is 0 Å². The molecule has 1 aromatic rings. The van der Waals surface area contributed by atoms with Crippen LogP contribution in [-0.4, -0.2) is 55.3 Å². The summed E-state index contributed by atoms with van der Waals surface area (Å²) in [5.74, 6) is 0.834. The number of quaternary nitrogens is 1. The Kier molecular flexibility index (Phi) is 11.7. The standard InChI is InChI=1S/C23H39NO5/c1-5-6-7-9-12-19-15-16-20(28-19)13-10-8-11-14-23(27)29-21(17-22(25)26)18-24(2,3)4/h15-16,21H,5-14,17-18H2,1-4H3/p+1. The Morgan fingerprint density at radius 1 is 1.00 bits per heavy atom. The average Bonchev–Trinajstić information content (AvgIpc) is 3.04. The Bertz CT molecular complexity index is 603. The van der Waals surface area contributed by atoms with E-state index in [0.717, 1.165) is 43.6 Å². The molecule has 0 aliphatic heterocycles. The van der Waals surface area contributed by atoms with E-state index in [1.54, 1.807) is 0 Å². The van der Waals surface area contributed by atoms with E-state index in [1.165, 1.54) is 25.7 Å². The summed E-state index contributed by atoms with van der Waals surface area (Å²) in [6.45, 7) is 2.70. The van der Waals surface area contributed by atoms with Gasteiger partial charge in [0, 0.05) is 19.3 Å². The molecule has 0 saturated carbocycles. The van der Waals surface area contributed by atoms with Crippen LogP contribution in [0.1, 0.15) is 76.2 Å². The first kappa shape index (κ1) is 25.2. The largest absolute Gasteiger partial charge is 0.481 e. The van der Waals surface area contributed by atoms with Crippen molar-refractivity contribution in [3.63, 3.8) is 0 Å². The highest BCUT2D eigenvalue weighted by Crippen LogP contribution is 2.15. The van der Waals surface area contributed by atoms with Crippen molar-refractivity contribution >= 4 is 11.9 Å². The predicted molar refractivity (Wildman–Crippen MR) is 114 cm³/mol. The summed E-state index contributed by atoms with van der Waals surface area (Å²) in [6.07, 6.45) is 9.07. The minimum Gasteiger partial charge on any atom is -0.481 e. The van der Waals surface area contributed by atoms with Gasteiger partial charge < -0.3 is 18.7 Å². The summed E-state index contributed by atoms with van der Waals surface area (Å²) in [5.41, 5.74) is 0. The van der Waals surface area contributed by atoms with Crippen LogP contribution in [0.3, 0.4) is 0 Å². The van der Waals surface area contributed by atoms with Gasteiger partial charge >= 0.3 is 11.9 Å². The lowest BCUT2D eigenvalue weighted by atomic mass is 10.1. The van der Waals surface area contributed by atoms with E-state index in [-0.39, 0.29) is 12.4 Å². The summed E-state index contributed by atoms with van der Waals surface area (Å²) in [4.78, 5) is 23.1. The lowest BCUT2D eigenvalue weighted by Gasteiger charge is -2.28. The van der Waals surface area contributed by atoms with E-state index in [0.29, 0.717) is 17.4 Å². The Hall–Kier alpha value is -1.82. The second-order valence-corrected chi connectivity index (χ2v) is 8.92. The smallest absolute Gasteiger partial charge is 0.307 e. The fourth-order valence-corrected chi connectivity index (χ4v) is 3.36. The number of carbonyl (C=O) groups excluding carboxylic acids is 1. The molecule has 1 atom stereocenters. The van der Waals surface area contributed by atoms with Gasteiger partial charge in [0.2, 0.25) is 0 Å². The van der Waals surface area contributed by atoms with Crippen LogP contribution in [0.15, 0.2) is 16.5 Å². The highest BCUT2D eigenvalue weighted by atomic mass is 16.5. The zero-order valence-electron chi connectivity index (χ0n) is 18.7. The summed E-state index contributed by atoms with van der Waals surface area (Å²) in [7, 11) is 5.86. The lowest BCUT2D eigenvalue weighted by Crippen LogP contribution is -2.43. The molecule has 0 spiro atoms. The van der Waals surface area contributed by atoms with Gasteiger partial charge in [0.15, 0.2) is 6.10 Å². The van der Waals surface area contributed by atoms with Crippen LogP contribution in [0.5, 0.6) is 0 Å². The molecule has 1 heterocycles. The number of unbranched alkanes of at least 4 members (excludes halogenated alkanes) is 5. The van der Waals surface area contributed by atoms with E-state index >= 15 is 0 Å². The highest BCUT2D eigenvalue weighted by molar-refractivity contribution is 5.71. The number of carboxylic acids is 1. The topological polar surface area (TPSA) is 76.7 Å². The maximum absolute atomic E-state index is 12.1. The monoisotopic (exact) mass is 410 g/mol. The Morgan fingerprint density at radius 2 is 1.59 bits per heavy atom. The highest BCUT2D eigenvalue weighted by Gasteiger charge is 2.24. The van der Waals surface area contributed by atoms with E-state index in [9.17, 15) is 9.59 Å². The maximum atomic E-state index is 12.1. The number of rotatable bonds is 16. The number of aryl methyl sites for hydroxylation is 2. The van der Waals surface area contributed by atoms with Crippen molar-refractivity contribution in [3.05, 3.63) is 23.7 Å². The fourth-order valence-electron chi connectivity index (χ4n) is 3.36. The molecule has 6 heteroatoms. The minimum atomic E-state index is -0.945. The lowest BCUT2D eigenvalue weighted by molar-refractivity contribution is -0.873. The van der Waals surface area contributed by atoms with Gasteiger partial charge in [0.05, 0.1) is 27.6 Å².